The Morgan fingerprint density at radius 2 is 1.48 bits per heavy atom. The van der Waals surface area contributed by atoms with Crippen molar-refractivity contribution in [2.24, 2.45) is 0 Å². The topological polar surface area (TPSA) is 77.8 Å². The van der Waals surface area contributed by atoms with E-state index in [9.17, 15) is 5.11 Å². The van der Waals surface area contributed by atoms with Gasteiger partial charge in [0.25, 0.3) is 0 Å². The predicted molar refractivity (Wildman–Crippen MR) is 85.6 cm³/mol. The summed E-state index contributed by atoms with van der Waals surface area (Å²) in [6.07, 6.45) is 3.45. The van der Waals surface area contributed by atoms with Gasteiger partial charge in [-0.2, -0.15) is 0 Å². The molecule has 0 saturated carbocycles. The Balaban J connectivity index is 0.000000491. The summed E-state index contributed by atoms with van der Waals surface area (Å²) in [5.41, 5.74) is 3.40. The van der Waals surface area contributed by atoms with Crippen LogP contribution in [0, 0.1) is 0 Å². The maximum Gasteiger partial charge on any atom is 0.314 e. The molecule has 2 aromatic carbocycles. The van der Waals surface area contributed by atoms with Crippen molar-refractivity contribution in [3.8, 4) is 16.9 Å². The molecular formula is C16H21O4P. The van der Waals surface area contributed by atoms with Gasteiger partial charge in [-0.15, -0.1) is 0 Å². The van der Waals surface area contributed by atoms with Crippen molar-refractivity contribution in [1.82, 2.24) is 0 Å². The molecule has 0 aromatic heterocycles. The smallest absolute Gasteiger partial charge is 0.314 e. The lowest BCUT2D eigenvalue weighted by molar-refractivity contribution is 0.405. The number of benzene rings is 2. The maximum atomic E-state index is 9.91. The fourth-order valence-electron chi connectivity index (χ4n) is 2.07. The number of phenols is 1. The summed E-state index contributed by atoms with van der Waals surface area (Å²) in [5.74, 6) is 0.358. The van der Waals surface area contributed by atoms with Crippen molar-refractivity contribution in [3.05, 3.63) is 54.1 Å². The Morgan fingerprint density at radius 3 is 2.05 bits per heavy atom. The molecule has 0 heterocycles. The first-order valence-electron chi connectivity index (χ1n) is 6.84. The Morgan fingerprint density at radius 1 is 0.952 bits per heavy atom. The van der Waals surface area contributed by atoms with Crippen LogP contribution in [0.5, 0.6) is 5.75 Å². The first-order valence-corrected chi connectivity index (χ1v) is 8.14. The Kier molecular flexibility index (Phi) is 7.76. The van der Waals surface area contributed by atoms with E-state index in [4.69, 9.17) is 14.4 Å². The van der Waals surface area contributed by atoms with Crippen molar-refractivity contribution < 1.29 is 19.5 Å². The van der Waals surface area contributed by atoms with Crippen LogP contribution in [0.1, 0.15) is 25.3 Å². The average molecular weight is 308 g/mol. The van der Waals surface area contributed by atoms with Gasteiger partial charge in [-0.25, -0.2) is 0 Å². The lowest BCUT2D eigenvalue weighted by atomic mass is 9.96. The van der Waals surface area contributed by atoms with Crippen LogP contribution in [-0.2, 0) is 11.0 Å². The van der Waals surface area contributed by atoms with Crippen LogP contribution in [0.25, 0.3) is 11.1 Å². The molecule has 114 valence electrons. The van der Waals surface area contributed by atoms with Crippen molar-refractivity contribution in [2.75, 3.05) is 0 Å². The highest BCUT2D eigenvalue weighted by Gasteiger charge is 2.07. The lowest BCUT2D eigenvalue weighted by Gasteiger charge is -2.10. The molecule has 0 amide bonds. The fourth-order valence-corrected chi connectivity index (χ4v) is 2.07. The third-order valence-electron chi connectivity index (χ3n) is 3.01. The number of aryl methyl sites for hydroxylation is 1. The molecule has 0 aliphatic heterocycles. The van der Waals surface area contributed by atoms with E-state index in [2.05, 4.69) is 25.1 Å². The monoisotopic (exact) mass is 308 g/mol. The van der Waals surface area contributed by atoms with Crippen LogP contribution in [-0.4, -0.2) is 14.9 Å². The van der Waals surface area contributed by atoms with Crippen LogP contribution in [0.4, 0.5) is 0 Å². The molecule has 2 aromatic rings. The van der Waals surface area contributed by atoms with Crippen LogP contribution < -0.4 is 0 Å². The number of hydrogen-bond donors (Lipinski definition) is 3. The number of para-hydroxylation sites is 1. The van der Waals surface area contributed by atoms with E-state index in [1.165, 1.54) is 18.4 Å². The Labute approximate surface area is 125 Å². The summed E-state index contributed by atoms with van der Waals surface area (Å²) in [7, 11) is -3.13. The quantitative estimate of drug-likeness (QED) is 0.751. The molecule has 0 radical (unpaired) electrons. The van der Waals surface area contributed by atoms with Gasteiger partial charge in [0.2, 0.25) is 0 Å². The molecule has 0 fully saturated rings. The molecule has 0 unspecified atom stereocenters. The van der Waals surface area contributed by atoms with E-state index in [-0.39, 0.29) is 0 Å². The van der Waals surface area contributed by atoms with Crippen LogP contribution in [0.15, 0.2) is 48.5 Å². The lowest BCUT2D eigenvalue weighted by Crippen LogP contribution is -1.90. The molecule has 2 rings (SSSR count). The Hall–Kier alpha value is -1.61. The van der Waals surface area contributed by atoms with Gasteiger partial charge in [-0.3, -0.25) is 4.57 Å². The van der Waals surface area contributed by atoms with Crippen LogP contribution in [0.3, 0.4) is 0 Å². The second-order valence-electron chi connectivity index (χ2n) is 4.56. The molecule has 3 N–H and O–H groups in total. The molecule has 0 aliphatic rings. The van der Waals surface area contributed by atoms with Crippen LogP contribution >= 0.6 is 8.25 Å². The van der Waals surface area contributed by atoms with Gasteiger partial charge in [0.05, 0.1) is 0 Å². The molecule has 5 heteroatoms. The highest BCUT2D eigenvalue weighted by Crippen LogP contribution is 2.31. The number of aromatic hydroxyl groups is 1. The van der Waals surface area contributed by atoms with Gasteiger partial charge in [0, 0.05) is 5.56 Å². The van der Waals surface area contributed by atoms with Gasteiger partial charge in [-0.1, -0.05) is 55.8 Å². The van der Waals surface area contributed by atoms with E-state index in [1.807, 2.05) is 24.3 Å². The summed E-state index contributed by atoms with van der Waals surface area (Å²) in [6, 6.07) is 15.9. The Bertz CT molecular complexity index is 580. The number of hydrogen-bond acceptors (Lipinski definition) is 2. The number of phenolic OH excluding ortho intramolecular Hbond substituents is 1. The molecule has 4 nitrogen and oxygen atoms in total. The first kappa shape index (κ1) is 17.4. The van der Waals surface area contributed by atoms with E-state index in [0.717, 1.165) is 17.5 Å². The number of rotatable bonds is 4. The summed E-state index contributed by atoms with van der Waals surface area (Å²) >= 11 is 0. The predicted octanol–water partition coefficient (Wildman–Crippen LogP) is 3.76. The largest absolute Gasteiger partial charge is 0.507 e. The molecule has 0 atom stereocenters. The summed E-state index contributed by atoms with van der Waals surface area (Å²) < 4.78 is 8.74. The molecule has 0 spiro atoms. The zero-order valence-electron chi connectivity index (χ0n) is 12.0. The summed E-state index contributed by atoms with van der Waals surface area (Å²) in [6.45, 7) is 2.20. The van der Waals surface area contributed by atoms with Gasteiger partial charge in [0.15, 0.2) is 0 Å². The first-order chi connectivity index (χ1) is 10.1. The van der Waals surface area contributed by atoms with E-state index < -0.39 is 8.25 Å². The normalized spacial score (nSPS) is 10.1. The molecule has 0 saturated heterocycles. The van der Waals surface area contributed by atoms with Gasteiger partial charge < -0.3 is 14.9 Å². The second-order valence-corrected chi connectivity index (χ2v) is 5.13. The highest BCUT2D eigenvalue weighted by molar-refractivity contribution is 7.30. The SMILES string of the molecule is CCCCc1ccccc1-c1ccccc1O.O=[PH](O)O. The minimum absolute atomic E-state index is 0.358. The zero-order valence-corrected chi connectivity index (χ0v) is 13.0. The standard InChI is InChI=1S/C16H18O.H3O3P/c1-2-3-8-13-9-4-5-10-14(13)15-11-6-7-12-16(15)17;1-4(2)3/h4-7,9-12,17H,2-3,8H2,1H3;4H,(H2,1,2,3). The summed E-state index contributed by atoms with van der Waals surface area (Å²) in [5, 5.41) is 9.91. The fraction of sp³-hybridized carbons (Fsp3) is 0.250. The van der Waals surface area contributed by atoms with E-state index >= 15 is 0 Å². The minimum atomic E-state index is -3.13. The summed E-state index contributed by atoms with van der Waals surface area (Å²) in [4.78, 5) is 14.3. The minimum Gasteiger partial charge on any atom is -0.507 e. The van der Waals surface area contributed by atoms with Gasteiger partial charge in [0.1, 0.15) is 5.75 Å². The third-order valence-corrected chi connectivity index (χ3v) is 3.01. The highest BCUT2D eigenvalue weighted by atomic mass is 31.1. The third kappa shape index (κ3) is 6.13. The molecule has 21 heavy (non-hydrogen) atoms. The number of unbranched alkanes of at least 4 members (excludes halogenated alkanes) is 1. The van der Waals surface area contributed by atoms with Gasteiger partial charge in [-0.05, 0) is 30.0 Å². The average Bonchev–Trinajstić information content (AvgIpc) is 2.45. The zero-order chi connectivity index (χ0) is 15.7. The van der Waals surface area contributed by atoms with E-state index in [1.54, 1.807) is 6.07 Å². The maximum absolute atomic E-state index is 9.91. The van der Waals surface area contributed by atoms with Crippen molar-refractivity contribution in [3.63, 3.8) is 0 Å². The van der Waals surface area contributed by atoms with Gasteiger partial charge >= 0.3 is 8.25 Å². The van der Waals surface area contributed by atoms with E-state index in [0.29, 0.717) is 5.75 Å². The second kappa shape index (κ2) is 9.35. The van der Waals surface area contributed by atoms with Crippen molar-refractivity contribution in [2.45, 2.75) is 26.2 Å². The van der Waals surface area contributed by atoms with Crippen molar-refractivity contribution >= 4 is 8.25 Å². The molecule has 0 bridgehead atoms. The van der Waals surface area contributed by atoms with Crippen LogP contribution in [0.2, 0.25) is 0 Å². The van der Waals surface area contributed by atoms with Crippen molar-refractivity contribution in [1.29, 1.82) is 0 Å². The molecular weight excluding hydrogens is 287 g/mol. The molecule has 0 aliphatic carbocycles.